The fourth-order valence-corrected chi connectivity index (χ4v) is 6.69. The second kappa shape index (κ2) is 12.1. The van der Waals surface area contributed by atoms with Crippen LogP contribution in [0.1, 0.15) is 81.2 Å². The number of nitrogens with one attached hydrogen (secondary N) is 1. The Morgan fingerprint density at radius 1 is 1.02 bits per heavy atom. The third-order valence-corrected chi connectivity index (χ3v) is 13.2. The molecule has 8 heteroatoms. The average molecular weight is 581 g/mol. The van der Waals surface area contributed by atoms with Crippen LogP contribution in [0.15, 0.2) is 36.5 Å². The largest absolute Gasteiger partial charge is 0.487 e. The van der Waals surface area contributed by atoms with E-state index in [0.29, 0.717) is 6.04 Å². The molecule has 0 radical (unpaired) electrons. The molecular formula is C33H52N4O3Si. The van der Waals surface area contributed by atoms with Crippen molar-refractivity contribution in [3.05, 3.63) is 36.5 Å². The molecule has 2 atom stereocenters. The second-order valence-corrected chi connectivity index (χ2v) is 19.3. The van der Waals surface area contributed by atoms with Crippen molar-refractivity contribution >= 4 is 25.0 Å². The molecule has 0 saturated carbocycles. The molecule has 226 valence electrons. The molecule has 0 spiro atoms. The van der Waals surface area contributed by atoms with Crippen LogP contribution in [0.25, 0.3) is 22.3 Å². The minimum absolute atomic E-state index is 0.0512. The first kappa shape index (κ1) is 31.5. The van der Waals surface area contributed by atoms with Crippen LogP contribution in [0.5, 0.6) is 5.75 Å². The number of nitrogens with zero attached hydrogens (tertiary/aromatic N) is 3. The Labute approximate surface area is 248 Å². The minimum atomic E-state index is -1.96. The highest BCUT2D eigenvalue weighted by molar-refractivity contribution is 6.74. The van der Waals surface area contributed by atoms with Crippen molar-refractivity contribution < 1.29 is 13.9 Å². The predicted molar refractivity (Wildman–Crippen MR) is 172 cm³/mol. The summed E-state index contributed by atoms with van der Waals surface area (Å²) in [6, 6.07) is 11.1. The summed E-state index contributed by atoms with van der Waals surface area (Å²) in [5.41, 5.74) is 3.76. The van der Waals surface area contributed by atoms with Gasteiger partial charge in [0, 0.05) is 42.0 Å². The maximum absolute atomic E-state index is 6.82. The highest BCUT2D eigenvalue weighted by Gasteiger charge is 2.42. The number of benzene rings is 1. The predicted octanol–water partition coefficient (Wildman–Crippen LogP) is 8.47. The molecule has 1 aliphatic rings. The first-order valence-electron chi connectivity index (χ1n) is 15.2. The number of hydrogen-bond acceptors (Lipinski definition) is 6. The molecule has 0 aliphatic carbocycles. The Balaban J connectivity index is 1.68. The molecule has 1 aromatic carbocycles. The quantitative estimate of drug-likeness (QED) is 0.256. The van der Waals surface area contributed by atoms with E-state index in [4.69, 9.17) is 18.9 Å². The van der Waals surface area contributed by atoms with E-state index in [-0.39, 0.29) is 28.7 Å². The standard InChI is InChI=1S/C33H52N4O3Si/c1-22(2)37-31-27(21-34-37)29(35-25-15-17-38-18-16-25)20-28(36-31)24-13-12-14-26(19-24)39-30(32(4,5)6)23(3)40-41(10,11)33(7,8)9/h12-14,19-23,25,30H,15-18H2,1-11H3,(H,35,36). The van der Waals surface area contributed by atoms with Crippen molar-refractivity contribution in [2.45, 2.75) is 118 Å². The van der Waals surface area contributed by atoms with Gasteiger partial charge >= 0.3 is 0 Å². The van der Waals surface area contributed by atoms with Crippen LogP contribution < -0.4 is 10.1 Å². The first-order chi connectivity index (χ1) is 19.1. The molecule has 2 aromatic heterocycles. The summed E-state index contributed by atoms with van der Waals surface area (Å²) >= 11 is 0. The van der Waals surface area contributed by atoms with Crippen LogP contribution in [0.4, 0.5) is 5.69 Å². The summed E-state index contributed by atoms with van der Waals surface area (Å²) in [4.78, 5) is 5.12. The van der Waals surface area contributed by atoms with Crippen LogP contribution in [-0.4, -0.2) is 54.5 Å². The van der Waals surface area contributed by atoms with Gasteiger partial charge in [-0.05, 0) is 69.9 Å². The number of fused-ring (bicyclic) bond motifs is 1. The normalized spacial score (nSPS) is 17.2. The van der Waals surface area contributed by atoms with E-state index in [9.17, 15) is 0 Å². The Bertz CT molecular complexity index is 1320. The number of aromatic nitrogens is 3. The third kappa shape index (κ3) is 7.33. The van der Waals surface area contributed by atoms with Crippen molar-refractivity contribution in [2.24, 2.45) is 5.41 Å². The summed E-state index contributed by atoms with van der Waals surface area (Å²) in [6.07, 6.45) is 3.75. The fourth-order valence-electron chi connectivity index (χ4n) is 5.28. The molecule has 0 amide bonds. The second-order valence-electron chi connectivity index (χ2n) is 14.5. The zero-order chi connectivity index (χ0) is 30.2. The molecule has 1 fully saturated rings. The third-order valence-electron chi connectivity index (χ3n) is 8.60. The van der Waals surface area contributed by atoms with Crippen molar-refractivity contribution in [2.75, 3.05) is 18.5 Å². The van der Waals surface area contributed by atoms with Gasteiger partial charge in [0.1, 0.15) is 11.9 Å². The van der Waals surface area contributed by atoms with Crippen molar-refractivity contribution in [1.29, 1.82) is 0 Å². The number of anilines is 1. The lowest BCUT2D eigenvalue weighted by Crippen LogP contribution is -2.50. The van der Waals surface area contributed by atoms with Crippen molar-refractivity contribution in [3.8, 4) is 17.0 Å². The molecule has 41 heavy (non-hydrogen) atoms. The number of ether oxygens (including phenoxy) is 2. The highest BCUT2D eigenvalue weighted by atomic mass is 28.4. The van der Waals surface area contributed by atoms with E-state index in [1.54, 1.807) is 0 Å². The van der Waals surface area contributed by atoms with Gasteiger partial charge in [-0.15, -0.1) is 0 Å². The summed E-state index contributed by atoms with van der Waals surface area (Å²) in [6.45, 7) is 26.1. The van der Waals surface area contributed by atoms with Crippen molar-refractivity contribution in [3.63, 3.8) is 0 Å². The van der Waals surface area contributed by atoms with E-state index in [0.717, 1.165) is 59.8 Å². The molecule has 2 unspecified atom stereocenters. The van der Waals surface area contributed by atoms with Crippen LogP contribution in [0, 0.1) is 5.41 Å². The van der Waals surface area contributed by atoms with Gasteiger partial charge in [0.15, 0.2) is 14.0 Å². The zero-order valence-electron chi connectivity index (χ0n) is 27.2. The number of pyridine rings is 1. The van der Waals surface area contributed by atoms with E-state index in [1.807, 2.05) is 16.9 Å². The minimum Gasteiger partial charge on any atom is -0.487 e. The SMILES string of the molecule is CC(O[Si](C)(C)C(C)(C)C)C(Oc1cccc(-c2cc(NC3CCOCC3)c3cnn(C(C)C)c3n2)c1)C(C)(C)C. The Morgan fingerprint density at radius 3 is 2.32 bits per heavy atom. The molecule has 0 bridgehead atoms. The van der Waals surface area contributed by atoms with Gasteiger partial charge < -0.3 is 19.2 Å². The zero-order valence-corrected chi connectivity index (χ0v) is 28.2. The lowest BCUT2D eigenvalue weighted by Gasteiger charge is -2.43. The molecule has 1 saturated heterocycles. The number of rotatable bonds is 9. The van der Waals surface area contributed by atoms with Crippen LogP contribution in [0.3, 0.4) is 0 Å². The smallest absolute Gasteiger partial charge is 0.192 e. The monoisotopic (exact) mass is 580 g/mol. The summed E-state index contributed by atoms with van der Waals surface area (Å²) in [5, 5.41) is 9.65. The Kier molecular flexibility index (Phi) is 9.27. The van der Waals surface area contributed by atoms with Gasteiger partial charge in [0.25, 0.3) is 0 Å². The average Bonchev–Trinajstić information content (AvgIpc) is 3.31. The van der Waals surface area contributed by atoms with Crippen LogP contribution in [-0.2, 0) is 9.16 Å². The molecule has 3 aromatic rings. The maximum atomic E-state index is 6.82. The molecule has 3 heterocycles. The summed E-state index contributed by atoms with van der Waals surface area (Å²) < 4.78 is 21.2. The van der Waals surface area contributed by atoms with E-state index in [2.05, 4.69) is 110 Å². The van der Waals surface area contributed by atoms with E-state index in [1.165, 1.54) is 0 Å². The van der Waals surface area contributed by atoms with Gasteiger partial charge in [0.05, 0.1) is 23.4 Å². The van der Waals surface area contributed by atoms with E-state index >= 15 is 0 Å². The molecule has 4 rings (SSSR count). The molecule has 1 N–H and O–H groups in total. The number of hydrogen-bond donors (Lipinski definition) is 1. The fraction of sp³-hybridized carbons (Fsp3) is 0.636. The Hall–Kier alpha value is -2.42. The van der Waals surface area contributed by atoms with Crippen molar-refractivity contribution in [1.82, 2.24) is 14.8 Å². The highest BCUT2D eigenvalue weighted by Crippen LogP contribution is 2.40. The summed E-state index contributed by atoms with van der Waals surface area (Å²) in [7, 11) is -1.96. The topological polar surface area (TPSA) is 70.4 Å². The maximum Gasteiger partial charge on any atom is 0.192 e. The lowest BCUT2D eigenvalue weighted by molar-refractivity contribution is -0.0110. The van der Waals surface area contributed by atoms with Gasteiger partial charge in [-0.1, -0.05) is 53.7 Å². The molecule has 7 nitrogen and oxygen atoms in total. The first-order valence-corrected chi connectivity index (χ1v) is 18.1. The van der Waals surface area contributed by atoms with Gasteiger partial charge in [-0.3, -0.25) is 0 Å². The molecule has 1 aliphatic heterocycles. The van der Waals surface area contributed by atoms with E-state index < -0.39 is 8.32 Å². The Morgan fingerprint density at radius 2 is 1.71 bits per heavy atom. The molecular weight excluding hydrogens is 528 g/mol. The van der Waals surface area contributed by atoms with Gasteiger partial charge in [-0.25, -0.2) is 9.67 Å². The van der Waals surface area contributed by atoms with Crippen LogP contribution in [0.2, 0.25) is 18.1 Å². The van der Waals surface area contributed by atoms with Gasteiger partial charge in [0.2, 0.25) is 0 Å². The van der Waals surface area contributed by atoms with Gasteiger partial charge in [-0.2, -0.15) is 5.10 Å². The lowest BCUT2D eigenvalue weighted by atomic mass is 9.86. The summed E-state index contributed by atoms with van der Waals surface area (Å²) in [5.74, 6) is 0.825. The van der Waals surface area contributed by atoms with Crippen LogP contribution >= 0.6 is 0 Å².